The summed E-state index contributed by atoms with van der Waals surface area (Å²) in [5.41, 5.74) is 0. The molecule has 0 atom stereocenters. The van der Waals surface area contributed by atoms with Crippen LogP contribution in [-0.4, -0.2) is 11.1 Å². The first kappa shape index (κ1) is 10.2. The summed E-state index contributed by atoms with van der Waals surface area (Å²) in [7, 11) is 0. The quantitative estimate of drug-likeness (QED) is 0.811. The number of halogens is 1. The van der Waals surface area contributed by atoms with Crippen molar-refractivity contribution >= 4 is 45.1 Å². The molecule has 76 valence electrons. The van der Waals surface area contributed by atoms with Crippen LogP contribution >= 0.6 is 22.9 Å². The standard InChI is InChI=1S/C11H7ClO2S/c12-8-2-1-7-5-9(3-4-11(13)14)15-10(7)6-8/h1-6H,(H,13,14)/b4-3+. The molecule has 0 amide bonds. The molecule has 4 heteroatoms. The van der Waals surface area contributed by atoms with Crippen LogP contribution in [0.25, 0.3) is 16.2 Å². The van der Waals surface area contributed by atoms with Crippen molar-refractivity contribution < 1.29 is 9.90 Å². The van der Waals surface area contributed by atoms with Crippen molar-refractivity contribution in [3.05, 3.63) is 40.2 Å². The van der Waals surface area contributed by atoms with E-state index in [9.17, 15) is 4.79 Å². The lowest BCUT2D eigenvalue weighted by Crippen LogP contribution is -1.84. The highest BCUT2D eigenvalue weighted by molar-refractivity contribution is 7.19. The molecule has 1 aromatic carbocycles. The van der Waals surface area contributed by atoms with Gasteiger partial charge in [0.2, 0.25) is 0 Å². The first-order valence-electron chi connectivity index (χ1n) is 4.25. The molecule has 1 N–H and O–H groups in total. The SMILES string of the molecule is O=C(O)/C=C/c1cc2ccc(Cl)cc2s1. The maximum atomic E-state index is 10.3. The van der Waals surface area contributed by atoms with E-state index in [1.165, 1.54) is 11.3 Å². The molecule has 2 rings (SSSR count). The topological polar surface area (TPSA) is 37.3 Å². The zero-order valence-electron chi connectivity index (χ0n) is 7.61. The Morgan fingerprint density at radius 2 is 2.20 bits per heavy atom. The van der Waals surface area contributed by atoms with Gasteiger partial charge < -0.3 is 5.11 Å². The van der Waals surface area contributed by atoms with Gasteiger partial charge in [-0.1, -0.05) is 17.7 Å². The van der Waals surface area contributed by atoms with Crippen LogP contribution in [0.1, 0.15) is 4.88 Å². The average molecular weight is 239 g/mol. The Morgan fingerprint density at radius 1 is 1.40 bits per heavy atom. The molecule has 15 heavy (non-hydrogen) atoms. The van der Waals surface area contributed by atoms with Gasteiger partial charge >= 0.3 is 5.97 Å². The second kappa shape index (κ2) is 4.04. The van der Waals surface area contributed by atoms with E-state index in [0.717, 1.165) is 21.0 Å². The van der Waals surface area contributed by atoms with Crippen molar-refractivity contribution in [2.24, 2.45) is 0 Å². The van der Waals surface area contributed by atoms with Crippen molar-refractivity contribution in [1.82, 2.24) is 0 Å². The van der Waals surface area contributed by atoms with Crippen LogP contribution in [0.2, 0.25) is 5.02 Å². The van der Waals surface area contributed by atoms with Gasteiger partial charge in [0, 0.05) is 20.7 Å². The Labute approximate surface area is 95.4 Å². The van der Waals surface area contributed by atoms with Crippen LogP contribution in [-0.2, 0) is 4.79 Å². The molecule has 1 heterocycles. The lowest BCUT2D eigenvalue weighted by Gasteiger charge is -1.87. The number of hydrogen-bond acceptors (Lipinski definition) is 2. The number of rotatable bonds is 2. The lowest BCUT2D eigenvalue weighted by molar-refractivity contribution is -0.131. The zero-order chi connectivity index (χ0) is 10.8. The highest BCUT2D eigenvalue weighted by Gasteiger charge is 2.00. The van der Waals surface area contributed by atoms with Crippen molar-refractivity contribution in [3.63, 3.8) is 0 Å². The first-order chi connectivity index (χ1) is 7.15. The number of thiophene rings is 1. The van der Waals surface area contributed by atoms with E-state index in [-0.39, 0.29) is 0 Å². The minimum atomic E-state index is -0.939. The summed E-state index contributed by atoms with van der Waals surface area (Å²) in [5, 5.41) is 10.3. The monoisotopic (exact) mass is 238 g/mol. The molecule has 0 fully saturated rings. The van der Waals surface area contributed by atoms with Gasteiger partial charge in [-0.2, -0.15) is 0 Å². The van der Waals surface area contributed by atoms with E-state index in [4.69, 9.17) is 16.7 Å². The molecule has 0 saturated carbocycles. The highest BCUT2D eigenvalue weighted by Crippen LogP contribution is 2.28. The number of carboxylic acids is 1. The number of carbonyl (C=O) groups is 1. The van der Waals surface area contributed by atoms with Crippen LogP contribution in [0.5, 0.6) is 0 Å². The Balaban J connectivity index is 2.43. The van der Waals surface area contributed by atoms with Crippen LogP contribution in [0.15, 0.2) is 30.3 Å². The van der Waals surface area contributed by atoms with Gasteiger partial charge in [0.1, 0.15) is 0 Å². The largest absolute Gasteiger partial charge is 0.478 e. The third-order valence-electron chi connectivity index (χ3n) is 1.89. The maximum Gasteiger partial charge on any atom is 0.328 e. The summed E-state index contributed by atoms with van der Waals surface area (Å²) in [6, 6.07) is 7.56. The van der Waals surface area contributed by atoms with Crippen molar-refractivity contribution in [2.45, 2.75) is 0 Å². The number of benzene rings is 1. The zero-order valence-corrected chi connectivity index (χ0v) is 9.18. The molecule has 2 aromatic rings. The van der Waals surface area contributed by atoms with E-state index in [1.807, 2.05) is 24.3 Å². The summed E-state index contributed by atoms with van der Waals surface area (Å²) >= 11 is 7.37. The van der Waals surface area contributed by atoms with Crippen LogP contribution in [0.3, 0.4) is 0 Å². The molecule has 1 aromatic heterocycles. The highest BCUT2D eigenvalue weighted by atomic mass is 35.5. The molecule has 0 aliphatic heterocycles. The Bertz CT molecular complexity index is 543. The molecule has 0 aliphatic carbocycles. The van der Waals surface area contributed by atoms with Gasteiger partial charge in [-0.25, -0.2) is 4.79 Å². The predicted molar refractivity (Wildman–Crippen MR) is 63.5 cm³/mol. The minimum Gasteiger partial charge on any atom is -0.478 e. The van der Waals surface area contributed by atoms with Gasteiger partial charge in [0.15, 0.2) is 0 Å². The first-order valence-corrected chi connectivity index (χ1v) is 5.45. The Hall–Kier alpha value is -1.32. The number of hydrogen-bond donors (Lipinski definition) is 1. The van der Waals surface area contributed by atoms with E-state index in [2.05, 4.69) is 0 Å². The Morgan fingerprint density at radius 3 is 2.93 bits per heavy atom. The summed E-state index contributed by atoms with van der Waals surface area (Å²) in [5.74, 6) is -0.939. The van der Waals surface area contributed by atoms with Crippen molar-refractivity contribution in [1.29, 1.82) is 0 Å². The summed E-state index contributed by atoms with van der Waals surface area (Å²) in [6.07, 6.45) is 2.72. The molecule has 2 nitrogen and oxygen atoms in total. The van der Waals surface area contributed by atoms with E-state index in [0.29, 0.717) is 5.02 Å². The third kappa shape index (κ3) is 2.37. The summed E-state index contributed by atoms with van der Waals surface area (Å²) < 4.78 is 1.06. The van der Waals surface area contributed by atoms with Crippen molar-refractivity contribution in [3.8, 4) is 0 Å². The molecule has 0 saturated heterocycles. The fourth-order valence-corrected chi connectivity index (χ4v) is 2.50. The van der Waals surface area contributed by atoms with Gasteiger partial charge in [-0.3, -0.25) is 0 Å². The molecule has 0 unspecified atom stereocenters. The minimum absolute atomic E-state index is 0.693. The van der Waals surface area contributed by atoms with E-state index >= 15 is 0 Å². The van der Waals surface area contributed by atoms with E-state index in [1.54, 1.807) is 6.08 Å². The second-order valence-corrected chi connectivity index (χ2v) is 4.55. The van der Waals surface area contributed by atoms with Crippen LogP contribution < -0.4 is 0 Å². The molecular weight excluding hydrogens is 232 g/mol. The fourth-order valence-electron chi connectivity index (χ4n) is 1.26. The summed E-state index contributed by atoms with van der Waals surface area (Å²) in [6.45, 7) is 0. The number of fused-ring (bicyclic) bond motifs is 1. The third-order valence-corrected chi connectivity index (χ3v) is 3.19. The average Bonchev–Trinajstić information content (AvgIpc) is 2.56. The molecule has 0 radical (unpaired) electrons. The second-order valence-electron chi connectivity index (χ2n) is 3.00. The van der Waals surface area contributed by atoms with Crippen LogP contribution in [0.4, 0.5) is 0 Å². The smallest absolute Gasteiger partial charge is 0.328 e. The molecular formula is C11H7ClO2S. The lowest BCUT2D eigenvalue weighted by atomic mass is 10.2. The molecule has 0 aliphatic rings. The van der Waals surface area contributed by atoms with Gasteiger partial charge in [-0.05, 0) is 29.7 Å². The normalized spacial score (nSPS) is 11.3. The maximum absolute atomic E-state index is 10.3. The number of aliphatic carboxylic acids is 1. The van der Waals surface area contributed by atoms with Gasteiger partial charge in [0.25, 0.3) is 0 Å². The molecule has 0 spiro atoms. The summed E-state index contributed by atoms with van der Waals surface area (Å²) in [4.78, 5) is 11.3. The van der Waals surface area contributed by atoms with Crippen molar-refractivity contribution in [2.75, 3.05) is 0 Å². The Kier molecular flexibility index (Phi) is 2.75. The predicted octanol–water partition coefficient (Wildman–Crippen LogP) is 3.65. The van der Waals surface area contributed by atoms with Gasteiger partial charge in [-0.15, -0.1) is 11.3 Å². The van der Waals surface area contributed by atoms with Crippen LogP contribution in [0, 0.1) is 0 Å². The molecule has 0 bridgehead atoms. The van der Waals surface area contributed by atoms with E-state index < -0.39 is 5.97 Å². The fraction of sp³-hybridized carbons (Fsp3) is 0. The van der Waals surface area contributed by atoms with Gasteiger partial charge in [0.05, 0.1) is 0 Å². The number of carboxylic acid groups (broad SMARTS) is 1.